The van der Waals surface area contributed by atoms with Crippen LogP contribution in [-0.4, -0.2) is 19.0 Å². The molecule has 0 aliphatic carbocycles. The molecule has 3 aromatic carbocycles. The molecule has 3 aromatic rings. The fraction of sp³-hybridized carbons (Fsp3) is 0.0909. The zero-order valence-electron chi connectivity index (χ0n) is 15.4. The summed E-state index contributed by atoms with van der Waals surface area (Å²) in [6, 6.07) is 23.1. The first-order valence-electron chi connectivity index (χ1n) is 8.76. The van der Waals surface area contributed by atoms with Crippen molar-refractivity contribution < 1.29 is 9.59 Å². The highest BCUT2D eigenvalue weighted by Gasteiger charge is 2.14. The van der Waals surface area contributed by atoms with E-state index in [1.54, 1.807) is 42.3 Å². The van der Waals surface area contributed by atoms with E-state index in [0.29, 0.717) is 22.8 Å². The number of nitrogens with one attached hydrogen (secondary N) is 2. The lowest BCUT2D eigenvalue weighted by molar-refractivity contribution is 0.0993. The van der Waals surface area contributed by atoms with Gasteiger partial charge in [0.2, 0.25) is 0 Å². The number of amides is 3. The van der Waals surface area contributed by atoms with Crippen LogP contribution in [0.1, 0.15) is 15.9 Å². The zero-order valence-corrected chi connectivity index (χ0v) is 16.1. The van der Waals surface area contributed by atoms with Gasteiger partial charge in [0.05, 0.1) is 0 Å². The minimum atomic E-state index is -0.374. The Morgan fingerprint density at radius 2 is 1.64 bits per heavy atom. The maximum atomic E-state index is 12.7. The predicted octanol–water partition coefficient (Wildman–Crippen LogP) is 4.94. The van der Waals surface area contributed by atoms with Gasteiger partial charge in [-0.15, -0.1) is 0 Å². The number of carbonyl (C=O) groups is 2. The number of urea groups is 1. The van der Waals surface area contributed by atoms with E-state index in [2.05, 4.69) is 10.6 Å². The van der Waals surface area contributed by atoms with Gasteiger partial charge in [0.15, 0.2) is 0 Å². The molecule has 0 aromatic heterocycles. The second-order valence-corrected chi connectivity index (χ2v) is 6.59. The van der Waals surface area contributed by atoms with E-state index in [4.69, 9.17) is 11.6 Å². The van der Waals surface area contributed by atoms with Crippen molar-refractivity contribution in [3.63, 3.8) is 0 Å². The lowest BCUT2D eigenvalue weighted by Crippen LogP contribution is -2.29. The van der Waals surface area contributed by atoms with Crippen molar-refractivity contribution in [1.29, 1.82) is 0 Å². The van der Waals surface area contributed by atoms with E-state index in [-0.39, 0.29) is 11.9 Å². The lowest BCUT2D eigenvalue weighted by Gasteiger charge is -2.18. The molecule has 28 heavy (non-hydrogen) atoms. The molecule has 0 radical (unpaired) electrons. The second kappa shape index (κ2) is 9.06. The molecule has 142 valence electrons. The van der Waals surface area contributed by atoms with Crippen LogP contribution < -0.4 is 15.5 Å². The van der Waals surface area contributed by atoms with Crippen molar-refractivity contribution in [2.75, 3.05) is 17.3 Å². The normalized spacial score (nSPS) is 10.2. The molecule has 2 N–H and O–H groups in total. The van der Waals surface area contributed by atoms with Crippen molar-refractivity contribution in [1.82, 2.24) is 5.32 Å². The summed E-state index contributed by atoms with van der Waals surface area (Å²) in [6.45, 7) is 0.306. The monoisotopic (exact) mass is 393 g/mol. The van der Waals surface area contributed by atoms with Gasteiger partial charge in [-0.2, -0.15) is 0 Å². The third-order valence-corrected chi connectivity index (χ3v) is 4.58. The van der Waals surface area contributed by atoms with Crippen LogP contribution in [0, 0.1) is 0 Å². The fourth-order valence-corrected chi connectivity index (χ4v) is 2.89. The zero-order chi connectivity index (χ0) is 19.9. The topological polar surface area (TPSA) is 61.4 Å². The Kier molecular flexibility index (Phi) is 6.29. The summed E-state index contributed by atoms with van der Waals surface area (Å²) in [7, 11) is 1.72. The molecule has 0 aliphatic heterocycles. The Morgan fingerprint density at radius 3 is 2.39 bits per heavy atom. The SMILES string of the molecule is CN(C(=O)c1cccc(NC(=O)NCc2ccccc2Cl)c1)c1ccccc1. The highest BCUT2D eigenvalue weighted by molar-refractivity contribution is 6.31. The first kappa shape index (κ1) is 19.5. The largest absolute Gasteiger partial charge is 0.334 e. The van der Waals surface area contributed by atoms with Crippen LogP contribution in [0.2, 0.25) is 5.02 Å². The average Bonchev–Trinajstić information content (AvgIpc) is 2.73. The fourth-order valence-electron chi connectivity index (χ4n) is 2.69. The number of benzene rings is 3. The van der Waals surface area contributed by atoms with E-state index in [1.807, 2.05) is 48.5 Å². The molecule has 0 saturated heterocycles. The molecule has 0 fully saturated rings. The number of anilines is 2. The van der Waals surface area contributed by atoms with Crippen LogP contribution in [0.5, 0.6) is 0 Å². The summed E-state index contributed by atoms with van der Waals surface area (Å²) >= 11 is 6.09. The highest BCUT2D eigenvalue weighted by Crippen LogP contribution is 2.18. The van der Waals surface area contributed by atoms with Gasteiger partial charge < -0.3 is 15.5 Å². The van der Waals surface area contributed by atoms with Crippen LogP contribution in [0.3, 0.4) is 0 Å². The van der Waals surface area contributed by atoms with Gasteiger partial charge in [0.25, 0.3) is 5.91 Å². The first-order valence-corrected chi connectivity index (χ1v) is 9.14. The summed E-state index contributed by atoms with van der Waals surface area (Å²) in [6.07, 6.45) is 0. The van der Waals surface area contributed by atoms with Gasteiger partial charge in [-0.1, -0.05) is 54.1 Å². The Labute approximate surface area is 168 Å². The Balaban J connectivity index is 1.63. The van der Waals surface area contributed by atoms with E-state index in [9.17, 15) is 9.59 Å². The Morgan fingerprint density at radius 1 is 0.929 bits per heavy atom. The standard InChI is InChI=1S/C22H20ClN3O2/c1-26(19-11-3-2-4-12-19)21(27)16-9-7-10-18(14-16)25-22(28)24-15-17-8-5-6-13-20(17)23/h2-14H,15H2,1H3,(H2,24,25,28). The van der Waals surface area contributed by atoms with Crippen molar-refractivity contribution in [2.24, 2.45) is 0 Å². The summed E-state index contributed by atoms with van der Waals surface area (Å²) in [5.41, 5.74) is 2.63. The smallest absolute Gasteiger partial charge is 0.319 e. The maximum Gasteiger partial charge on any atom is 0.319 e. The van der Waals surface area contributed by atoms with Crippen LogP contribution in [0.4, 0.5) is 16.2 Å². The minimum Gasteiger partial charge on any atom is -0.334 e. The van der Waals surface area contributed by atoms with Crippen LogP contribution in [-0.2, 0) is 6.54 Å². The van der Waals surface area contributed by atoms with E-state index in [1.165, 1.54) is 0 Å². The summed E-state index contributed by atoms with van der Waals surface area (Å²) < 4.78 is 0. The molecule has 0 spiro atoms. The third kappa shape index (κ3) is 4.90. The number of rotatable bonds is 5. The lowest BCUT2D eigenvalue weighted by atomic mass is 10.1. The molecule has 0 atom stereocenters. The van der Waals surface area contributed by atoms with Gasteiger partial charge in [-0.25, -0.2) is 4.79 Å². The number of hydrogen-bond donors (Lipinski definition) is 2. The molecule has 3 rings (SSSR count). The average molecular weight is 394 g/mol. The molecule has 0 aliphatic rings. The molecule has 3 amide bonds. The number of nitrogens with zero attached hydrogens (tertiary/aromatic N) is 1. The molecule has 0 bridgehead atoms. The summed E-state index contributed by atoms with van der Waals surface area (Å²) in [5.74, 6) is -0.161. The minimum absolute atomic E-state index is 0.161. The number of para-hydroxylation sites is 1. The molecule has 6 heteroatoms. The quantitative estimate of drug-likeness (QED) is 0.645. The van der Waals surface area contributed by atoms with Crippen LogP contribution in [0.25, 0.3) is 0 Å². The Hall–Kier alpha value is -3.31. The molecule has 5 nitrogen and oxygen atoms in total. The van der Waals surface area contributed by atoms with E-state index in [0.717, 1.165) is 11.3 Å². The summed E-state index contributed by atoms with van der Waals surface area (Å²) in [5, 5.41) is 6.09. The maximum absolute atomic E-state index is 12.7. The molecular weight excluding hydrogens is 374 g/mol. The van der Waals surface area contributed by atoms with Crippen LogP contribution >= 0.6 is 11.6 Å². The van der Waals surface area contributed by atoms with Crippen molar-refractivity contribution in [3.05, 3.63) is 95.0 Å². The van der Waals surface area contributed by atoms with Gasteiger partial charge in [0.1, 0.15) is 0 Å². The van der Waals surface area contributed by atoms with Gasteiger partial charge >= 0.3 is 6.03 Å². The van der Waals surface area contributed by atoms with Gasteiger partial charge in [-0.05, 0) is 42.0 Å². The van der Waals surface area contributed by atoms with Gasteiger partial charge in [0, 0.05) is 35.6 Å². The molecular formula is C22H20ClN3O2. The molecule has 0 heterocycles. The van der Waals surface area contributed by atoms with Crippen molar-refractivity contribution in [2.45, 2.75) is 6.54 Å². The Bertz CT molecular complexity index is 976. The summed E-state index contributed by atoms with van der Waals surface area (Å²) in [4.78, 5) is 26.5. The highest BCUT2D eigenvalue weighted by atomic mass is 35.5. The van der Waals surface area contributed by atoms with E-state index >= 15 is 0 Å². The predicted molar refractivity (Wildman–Crippen MR) is 113 cm³/mol. The van der Waals surface area contributed by atoms with Crippen molar-refractivity contribution in [3.8, 4) is 0 Å². The second-order valence-electron chi connectivity index (χ2n) is 6.18. The number of carbonyl (C=O) groups excluding carboxylic acids is 2. The molecule has 0 unspecified atom stereocenters. The first-order chi connectivity index (χ1) is 13.5. The van der Waals surface area contributed by atoms with E-state index < -0.39 is 0 Å². The molecule has 0 saturated carbocycles. The number of hydrogen-bond acceptors (Lipinski definition) is 2. The van der Waals surface area contributed by atoms with Gasteiger partial charge in [-0.3, -0.25) is 4.79 Å². The van der Waals surface area contributed by atoms with Crippen LogP contribution in [0.15, 0.2) is 78.9 Å². The number of halogens is 1. The van der Waals surface area contributed by atoms with Crippen molar-refractivity contribution >= 4 is 34.9 Å². The third-order valence-electron chi connectivity index (χ3n) is 4.21.